The van der Waals surface area contributed by atoms with Crippen LogP contribution in [0, 0.1) is 11.8 Å². The lowest BCUT2D eigenvalue weighted by Gasteiger charge is -2.47. The second kappa shape index (κ2) is 11.9. The number of fused-ring (bicyclic) bond motifs is 3. The molecule has 0 amide bonds. The van der Waals surface area contributed by atoms with Crippen LogP contribution in [0.3, 0.4) is 0 Å². The van der Waals surface area contributed by atoms with Crippen molar-refractivity contribution in [1.29, 1.82) is 0 Å². The van der Waals surface area contributed by atoms with E-state index in [1.54, 1.807) is 0 Å². The number of carbonyl (C=O) groups is 1. The quantitative estimate of drug-likeness (QED) is 0.263. The highest BCUT2D eigenvalue weighted by atomic mass is 35.5. The Labute approximate surface area is 255 Å². The molecule has 42 heavy (non-hydrogen) atoms. The fourth-order valence-electron chi connectivity index (χ4n) is 8.32. The summed E-state index contributed by atoms with van der Waals surface area (Å²) in [7, 11) is 0. The van der Waals surface area contributed by atoms with Crippen LogP contribution in [-0.2, 0) is 23.1 Å². The second-order valence-corrected chi connectivity index (χ2v) is 13.5. The predicted octanol–water partition coefficient (Wildman–Crippen LogP) is 8.59. The lowest BCUT2D eigenvalue weighted by atomic mass is 9.59. The summed E-state index contributed by atoms with van der Waals surface area (Å²) < 4.78 is 6.56. The van der Waals surface area contributed by atoms with Crippen LogP contribution in [0.5, 0.6) is 5.75 Å². The zero-order valence-corrected chi connectivity index (χ0v) is 25.6. The molecular weight excluding hydrogens is 544 g/mol. The molecule has 3 aliphatic carbocycles. The number of rotatable bonds is 9. The summed E-state index contributed by atoms with van der Waals surface area (Å²) in [5.41, 5.74) is 5.17. The van der Waals surface area contributed by atoms with Gasteiger partial charge in [-0.15, -0.1) is 0 Å². The van der Waals surface area contributed by atoms with Gasteiger partial charge >= 0.3 is 5.97 Å². The molecule has 6 rings (SSSR count). The third kappa shape index (κ3) is 5.41. The molecule has 1 spiro atoms. The molecule has 2 N–H and O–H groups in total. The third-order valence-corrected chi connectivity index (χ3v) is 10.8. The van der Waals surface area contributed by atoms with Crippen LogP contribution < -0.4 is 10.1 Å². The highest BCUT2D eigenvalue weighted by Crippen LogP contribution is 2.56. The molecule has 1 heterocycles. The fraction of sp³-hybridized carbons (Fsp3) is 0.500. The highest BCUT2D eigenvalue weighted by Gasteiger charge is 2.54. The van der Waals surface area contributed by atoms with Crippen molar-refractivity contribution in [1.82, 2.24) is 4.98 Å². The number of hydrogen-bond donors (Lipinski definition) is 2. The minimum absolute atomic E-state index is 0.0110. The molecule has 0 bridgehead atoms. The molecule has 0 radical (unpaired) electrons. The molecule has 6 heteroatoms. The van der Waals surface area contributed by atoms with Gasteiger partial charge in [-0.2, -0.15) is 0 Å². The van der Waals surface area contributed by atoms with E-state index in [4.69, 9.17) is 16.3 Å². The van der Waals surface area contributed by atoms with Crippen LogP contribution in [0.25, 0.3) is 0 Å². The zero-order chi connectivity index (χ0) is 29.3. The number of aromatic nitrogens is 1. The van der Waals surface area contributed by atoms with Crippen LogP contribution in [-0.4, -0.2) is 28.2 Å². The van der Waals surface area contributed by atoms with E-state index in [1.807, 2.05) is 30.5 Å². The predicted molar refractivity (Wildman–Crippen MR) is 169 cm³/mol. The average molecular weight is 587 g/mol. The number of nitrogens with one attached hydrogen (secondary N) is 1. The summed E-state index contributed by atoms with van der Waals surface area (Å²) >= 11 is 6.22. The number of aliphatic carboxylic acids is 1. The summed E-state index contributed by atoms with van der Waals surface area (Å²) in [4.78, 5) is 17.4. The highest BCUT2D eigenvalue weighted by molar-refractivity contribution is 6.30. The molecule has 222 valence electrons. The molecular formula is C36H43ClN2O3. The Bertz CT molecular complexity index is 1430. The summed E-state index contributed by atoms with van der Waals surface area (Å²) in [6.45, 7) is 5.27. The van der Waals surface area contributed by atoms with Gasteiger partial charge in [-0.05, 0) is 123 Å². The molecule has 0 aliphatic heterocycles. The normalized spacial score (nSPS) is 27.2. The maximum Gasteiger partial charge on any atom is 0.329 e. The lowest BCUT2D eigenvalue weighted by molar-refractivity contribution is -0.144. The monoisotopic (exact) mass is 586 g/mol. The van der Waals surface area contributed by atoms with E-state index in [0.29, 0.717) is 42.2 Å². The minimum Gasteiger partial charge on any atom is -0.493 e. The minimum atomic E-state index is -0.997. The number of carboxylic acids is 1. The van der Waals surface area contributed by atoms with Crippen molar-refractivity contribution in [2.75, 3.05) is 11.9 Å². The zero-order valence-electron chi connectivity index (χ0n) is 24.9. The number of pyridine rings is 1. The molecule has 3 aliphatic rings. The third-order valence-electron chi connectivity index (χ3n) is 10.5. The molecule has 0 unspecified atom stereocenters. The topological polar surface area (TPSA) is 71.5 Å². The maximum absolute atomic E-state index is 12.7. The van der Waals surface area contributed by atoms with Gasteiger partial charge in [0.05, 0.1) is 6.61 Å². The molecule has 5 nitrogen and oxygen atoms in total. The summed E-state index contributed by atoms with van der Waals surface area (Å²) in [5, 5.41) is 14.4. The number of carboxylic acid groups (broad SMARTS) is 1. The van der Waals surface area contributed by atoms with Crippen LogP contribution >= 0.6 is 11.6 Å². The number of ether oxygens (including phenoxy) is 1. The van der Waals surface area contributed by atoms with Crippen molar-refractivity contribution in [3.8, 4) is 5.75 Å². The van der Waals surface area contributed by atoms with Crippen LogP contribution in [0.2, 0.25) is 5.02 Å². The van der Waals surface area contributed by atoms with Crippen molar-refractivity contribution >= 4 is 23.3 Å². The lowest BCUT2D eigenvalue weighted by Crippen LogP contribution is -2.53. The van der Waals surface area contributed by atoms with E-state index in [1.165, 1.54) is 35.2 Å². The standard InChI is InChI=1S/C36H43ClN2O3/c1-3-25-9-6-13-31-33(25)32(14-19-38-31)42-23-24(2)20-27-21-26-8-4-5-12-30(26)35(27)15-17-36(18-16-35,34(40)41)39-29-11-7-10-28(37)22-29/h4-5,7-8,10-12,14,19,22,24-25,27,39H,3,6,9,13,15-18,20-21,23H2,1-2H3,(H,40,41)/t24-,25-,27+,35?,36?/m1/s1. The first-order valence-corrected chi connectivity index (χ1v) is 16.2. The first-order chi connectivity index (χ1) is 20.3. The second-order valence-electron chi connectivity index (χ2n) is 13.1. The fourth-order valence-corrected chi connectivity index (χ4v) is 8.51. The Balaban J connectivity index is 1.19. The number of anilines is 1. The smallest absolute Gasteiger partial charge is 0.329 e. The Morgan fingerprint density at radius 2 is 1.95 bits per heavy atom. The number of nitrogens with zero attached hydrogens (tertiary/aromatic N) is 1. The van der Waals surface area contributed by atoms with E-state index in [-0.39, 0.29) is 5.41 Å². The molecule has 1 saturated carbocycles. The SMILES string of the molecule is CC[C@@H]1CCCc2nccc(OC[C@H](C)C[C@H]3Cc4ccccc4C34CCC(Nc3cccc(Cl)c3)(C(=O)O)CC4)c21. The van der Waals surface area contributed by atoms with E-state index in [0.717, 1.165) is 50.0 Å². The maximum atomic E-state index is 12.7. The van der Waals surface area contributed by atoms with E-state index >= 15 is 0 Å². The Morgan fingerprint density at radius 1 is 1.14 bits per heavy atom. The van der Waals surface area contributed by atoms with Crippen molar-refractivity contribution < 1.29 is 14.6 Å². The van der Waals surface area contributed by atoms with Crippen molar-refractivity contribution in [2.45, 2.75) is 94.9 Å². The molecule has 1 fully saturated rings. The molecule has 1 aromatic heterocycles. The van der Waals surface area contributed by atoms with Gasteiger partial charge in [-0.3, -0.25) is 4.98 Å². The first kappa shape index (κ1) is 29.0. The Hall–Kier alpha value is -3.05. The van der Waals surface area contributed by atoms with Crippen molar-refractivity contribution in [3.05, 3.63) is 88.2 Å². The van der Waals surface area contributed by atoms with Gasteiger partial charge in [0.15, 0.2) is 0 Å². The van der Waals surface area contributed by atoms with Gasteiger partial charge in [-0.25, -0.2) is 4.79 Å². The van der Waals surface area contributed by atoms with Gasteiger partial charge in [-0.1, -0.05) is 55.8 Å². The number of aryl methyl sites for hydroxylation is 1. The van der Waals surface area contributed by atoms with E-state index in [2.05, 4.69) is 54.5 Å². The van der Waals surface area contributed by atoms with Gasteiger partial charge in [0.1, 0.15) is 11.3 Å². The number of benzene rings is 2. The Morgan fingerprint density at radius 3 is 2.71 bits per heavy atom. The van der Waals surface area contributed by atoms with Crippen LogP contribution in [0.1, 0.15) is 93.5 Å². The Kier molecular flexibility index (Phi) is 8.24. The van der Waals surface area contributed by atoms with Gasteiger partial charge in [0.25, 0.3) is 0 Å². The van der Waals surface area contributed by atoms with Gasteiger partial charge in [0, 0.05) is 28.2 Å². The number of halogens is 1. The van der Waals surface area contributed by atoms with Crippen LogP contribution in [0.15, 0.2) is 60.8 Å². The largest absolute Gasteiger partial charge is 0.493 e. The van der Waals surface area contributed by atoms with Crippen LogP contribution in [0.4, 0.5) is 5.69 Å². The summed E-state index contributed by atoms with van der Waals surface area (Å²) in [6.07, 6.45) is 11.4. The number of hydrogen-bond acceptors (Lipinski definition) is 4. The van der Waals surface area contributed by atoms with Gasteiger partial charge < -0.3 is 15.2 Å². The molecule has 0 saturated heterocycles. The van der Waals surface area contributed by atoms with E-state index < -0.39 is 11.5 Å². The first-order valence-electron chi connectivity index (χ1n) is 15.8. The summed E-state index contributed by atoms with van der Waals surface area (Å²) in [6, 6.07) is 18.3. The average Bonchev–Trinajstić information content (AvgIpc) is 3.29. The molecule has 2 aromatic carbocycles. The van der Waals surface area contributed by atoms with Crippen molar-refractivity contribution in [2.24, 2.45) is 11.8 Å². The van der Waals surface area contributed by atoms with Crippen molar-refractivity contribution in [3.63, 3.8) is 0 Å². The summed E-state index contributed by atoms with van der Waals surface area (Å²) in [5.74, 6) is 1.62. The molecule has 3 aromatic rings. The van der Waals surface area contributed by atoms with Gasteiger partial charge in [0.2, 0.25) is 0 Å². The van der Waals surface area contributed by atoms with E-state index in [9.17, 15) is 9.90 Å². The molecule has 3 atom stereocenters.